The zero-order chi connectivity index (χ0) is 34.6. The predicted molar refractivity (Wildman–Crippen MR) is 216 cm³/mol. The maximum atomic E-state index is 6.96. The molecular formula is C49H32N2O. The van der Waals surface area contributed by atoms with Gasteiger partial charge >= 0.3 is 0 Å². The van der Waals surface area contributed by atoms with Gasteiger partial charge in [-0.25, -0.2) is 4.98 Å². The maximum absolute atomic E-state index is 6.96. The number of furan rings is 1. The van der Waals surface area contributed by atoms with Crippen LogP contribution in [-0.2, 0) is 5.41 Å². The van der Waals surface area contributed by atoms with E-state index in [1.807, 2.05) is 12.3 Å². The number of fused-ring (bicyclic) bond motifs is 11. The van der Waals surface area contributed by atoms with Crippen LogP contribution >= 0.6 is 0 Å². The molecule has 244 valence electrons. The van der Waals surface area contributed by atoms with Crippen molar-refractivity contribution in [3.8, 4) is 44.6 Å². The number of hydrogen-bond acceptors (Lipinski definition) is 3. The summed E-state index contributed by atoms with van der Waals surface area (Å²) in [6.45, 7) is 4.68. The minimum Gasteiger partial charge on any atom is -0.455 e. The molecule has 7 aromatic carbocycles. The number of aromatic nitrogens is 2. The molecule has 0 unspecified atom stereocenters. The van der Waals surface area contributed by atoms with Gasteiger partial charge in [0.1, 0.15) is 11.2 Å². The Morgan fingerprint density at radius 3 is 2.10 bits per heavy atom. The molecule has 0 atom stereocenters. The van der Waals surface area contributed by atoms with E-state index in [1.54, 1.807) is 0 Å². The van der Waals surface area contributed by atoms with Crippen LogP contribution in [-0.4, -0.2) is 9.97 Å². The molecule has 11 rings (SSSR count). The number of hydrogen-bond donors (Lipinski definition) is 0. The van der Waals surface area contributed by atoms with Crippen molar-refractivity contribution < 1.29 is 4.42 Å². The van der Waals surface area contributed by atoms with Crippen molar-refractivity contribution in [1.82, 2.24) is 9.97 Å². The molecule has 0 bridgehead atoms. The van der Waals surface area contributed by atoms with Crippen LogP contribution < -0.4 is 0 Å². The van der Waals surface area contributed by atoms with Gasteiger partial charge < -0.3 is 4.42 Å². The third-order valence-corrected chi connectivity index (χ3v) is 11.3. The van der Waals surface area contributed by atoms with E-state index in [0.29, 0.717) is 0 Å². The zero-order valence-electron chi connectivity index (χ0n) is 28.8. The van der Waals surface area contributed by atoms with Gasteiger partial charge in [0.15, 0.2) is 0 Å². The summed E-state index contributed by atoms with van der Waals surface area (Å²) in [6.07, 6.45) is 1.85. The Bertz CT molecular complexity index is 3100. The van der Waals surface area contributed by atoms with Gasteiger partial charge in [-0.2, -0.15) is 0 Å². The van der Waals surface area contributed by atoms with Gasteiger partial charge in [0.25, 0.3) is 0 Å². The Hall–Kier alpha value is -6.58. The second-order valence-electron chi connectivity index (χ2n) is 14.5. The normalized spacial score (nSPS) is 13.3. The van der Waals surface area contributed by atoms with Crippen LogP contribution in [0.3, 0.4) is 0 Å². The van der Waals surface area contributed by atoms with Crippen LogP contribution in [0.25, 0.3) is 99.2 Å². The molecule has 3 heteroatoms. The summed E-state index contributed by atoms with van der Waals surface area (Å²) in [5.74, 6) is 0. The Balaban J connectivity index is 1.21. The standard InChI is InChI=1S/C49H32N2O/c1-49(2)40-19-7-6-14-37(40)45-41(49)28-38(44-39-27-32(29-11-4-3-5-12-29)23-25-43(39)52-48(44)45)35-17-8-16-34-33(35)15-9-18-36(34)42-24-22-31-21-20-30-13-10-26-50-46(30)47(31)51-42/h3-28H,1-2H3. The van der Waals surface area contributed by atoms with E-state index in [0.717, 1.165) is 60.4 Å². The topological polar surface area (TPSA) is 38.9 Å². The lowest BCUT2D eigenvalue weighted by Gasteiger charge is -2.22. The first-order valence-electron chi connectivity index (χ1n) is 17.9. The van der Waals surface area contributed by atoms with E-state index in [1.165, 1.54) is 49.9 Å². The molecule has 0 saturated carbocycles. The number of pyridine rings is 2. The molecule has 0 aliphatic heterocycles. The van der Waals surface area contributed by atoms with Crippen LogP contribution in [0.5, 0.6) is 0 Å². The van der Waals surface area contributed by atoms with Gasteiger partial charge in [-0.3, -0.25) is 4.98 Å². The lowest BCUT2D eigenvalue weighted by atomic mass is 9.80. The predicted octanol–water partition coefficient (Wildman–Crippen LogP) is 13.1. The molecule has 0 radical (unpaired) electrons. The third kappa shape index (κ3) is 4.08. The van der Waals surface area contributed by atoms with Crippen molar-refractivity contribution in [3.63, 3.8) is 0 Å². The van der Waals surface area contributed by atoms with E-state index >= 15 is 0 Å². The quantitative estimate of drug-likeness (QED) is 0.176. The van der Waals surface area contributed by atoms with E-state index in [-0.39, 0.29) is 5.41 Å². The minimum atomic E-state index is -0.190. The summed E-state index contributed by atoms with van der Waals surface area (Å²) in [6, 6.07) is 54.5. The van der Waals surface area contributed by atoms with Gasteiger partial charge in [-0.1, -0.05) is 135 Å². The number of nitrogens with zero attached hydrogens (tertiary/aromatic N) is 2. The van der Waals surface area contributed by atoms with Crippen molar-refractivity contribution in [1.29, 1.82) is 0 Å². The number of rotatable bonds is 3. The van der Waals surface area contributed by atoms with E-state index in [4.69, 9.17) is 14.4 Å². The Morgan fingerprint density at radius 1 is 0.500 bits per heavy atom. The largest absolute Gasteiger partial charge is 0.455 e. The smallest absolute Gasteiger partial charge is 0.144 e. The number of benzene rings is 7. The molecule has 1 aliphatic rings. The third-order valence-electron chi connectivity index (χ3n) is 11.3. The van der Waals surface area contributed by atoms with Gasteiger partial charge in [0.2, 0.25) is 0 Å². The molecule has 0 saturated heterocycles. The monoisotopic (exact) mass is 664 g/mol. The second kappa shape index (κ2) is 10.7. The Morgan fingerprint density at radius 2 is 1.23 bits per heavy atom. The fourth-order valence-corrected chi connectivity index (χ4v) is 8.77. The molecule has 1 aliphatic carbocycles. The van der Waals surface area contributed by atoms with Gasteiger partial charge in [0, 0.05) is 44.3 Å². The molecule has 0 amide bonds. The molecule has 0 spiro atoms. The maximum Gasteiger partial charge on any atom is 0.144 e. The fourth-order valence-electron chi connectivity index (χ4n) is 8.77. The van der Waals surface area contributed by atoms with Crippen molar-refractivity contribution in [2.75, 3.05) is 0 Å². The molecule has 3 heterocycles. The first kappa shape index (κ1) is 29.2. The minimum absolute atomic E-state index is 0.190. The highest BCUT2D eigenvalue weighted by Gasteiger charge is 2.38. The Labute approximate surface area is 300 Å². The van der Waals surface area contributed by atoms with E-state index < -0.39 is 0 Å². The molecule has 0 fully saturated rings. The average Bonchev–Trinajstić information content (AvgIpc) is 3.69. The first-order valence-corrected chi connectivity index (χ1v) is 17.9. The summed E-state index contributed by atoms with van der Waals surface area (Å²) in [4.78, 5) is 9.98. The first-order chi connectivity index (χ1) is 25.5. The second-order valence-corrected chi connectivity index (χ2v) is 14.5. The molecule has 52 heavy (non-hydrogen) atoms. The zero-order valence-corrected chi connectivity index (χ0v) is 28.8. The van der Waals surface area contributed by atoms with E-state index in [9.17, 15) is 0 Å². The fraction of sp³-hybridized carbons (Fsp3) is 0.0612. The van der Waals surface area contributed by atoms with Crippen molar-refractivity contribution in [3.05, 3.63) is 169 Å². The molecule has 3 nitrogen and oxygen atoms in total. The van der Waals surface area contributed by atoms with Crippen LogP contribution in [0, 0.1) is 0 Å². The average molecular weight is 665 g/mol. The highest BCUT2D eigenvalue weighted by molar-refractivity contribution is 6.21. The molecule has 0 N–H and O–H groups in total. The van der Waals surface area contributed by atoms with Gasteiger partial charge in [0.05, 0.1) is 16.7 Å². The SMILES string of the molecule is CC1(C)c2ccccc2-c2c1cc(-c1cccc3c(-c4ccc5ccc6cccnc6c5n4)cccc13)c1c2oc2ccc(-c3ccccc3)cc21. The van der Waals surface area contributed by atoms with Gasteiger partial charge in [-0.15, -0.1) is 0 Å². The summed E-state index contributed by atoms with van der Waals surface area (Å²) < 4.78 is 6.96. The summed E-state index contributed by atoms with van der Waals surface area (Å²) >= 11 is 0. The van der Waals surface area contributed by atoms with Crippen LogP contribution in [0.4, 0.5) is 0 Å². The van der Waals surface area contributed by atoms with Crippen LogP contribution in [0.2, 0.25) is 0 Å². The summed E-state index contributed by atoms with van der Waals surface area (Å²) in [5.41, 5.74) is 15.4. The molecule has 3 aromatic heterocycles. The highest BCUT2D eigenvalue weighted by atomic mass is 16.3. The van der Waals surface area contributed by atoms with Crippen LogP contribution in [0.1, 0.15) is 25.0 Å². The molecule has 10 aromatic rings. The lowest BCUT2D eigenvalue weighted by Crippen LogP contribution is -2.15. The van der Waals surface area contributed by atoms with Crippen molar-refractivity contribution in [2.24, 2.45) is 0 Å². The summed E-state index contributed by atoms with van der Waals surface area (Å²) in [7, 11) is 0. The van der Waals surface area contributed by atoms with Crippen molar-refractivity contribution in [2.45, 2.75) is 19.3 Å². The highest BCUT2D eigenvalue weighted by Crippen LogP contribution is 2.55. The van der Waals surface area contributed by atoms with E-state index in [2.05, 4.69) is 159 Å². The Kier molecular flexibility index (Phi) is 6.01. The molecular weight excluding hydrogens is 633 g/mol. The summed E-state index contributed by atoms with van der Waals surface area (Å²) in [5, 5.41) is 6.79. The lowest BCUT2D eigenvalue weighted by molar-refractivity contribution is 0.653. The van der Waals surface area contributed by atoms with Gasteiger partial charge in [-0.05, 0) is 80.0 Å². The van der Waals surface area contributed by atoms with Crippen LogP contribution in [0.15, 0.2) is 162 Å². The van der Waals surface area contributed by atoms with Crippen molar-refractivity contribution >= 4 is 54.5 Å².